The van der Waals surface area contributed by atoms with Crippen LogP contribution < -0.4 is 15.4 Å². The van der Waals surface area contributed by atoms with Gasteiger partial charge in [0.15, 0.2) is 19.0 Å². The number of ether oxygens (including phenoxy) is 2. The standard InChI is InChI=1S/C16H20N2O6/c1-3-13(19)11-4-6-12(7-5-11)23-10-16(22)24-9-15(21)18-8-14(20)17-2/h4-7H,3,8-10H2,1-2H3,(H,17,20)(H,18,21). The maximum absolute atomic E-state index is 11.5. The average molecular weight is 336 g/mol. The average Bonchev–Trinajstić information content (AvgIpc) is 2.62. The van der Waals surface area contributed by atoms with Gasteiger partial charge in [-0.3, -0.25) is 14.4 Å². The van der Waals surface area contributed by atoms with E-state index in [1.54, 1.807) is 31.2 Å². The molecule has 0 aliphatic heterocycles. The topological polar surface area (TPSA) is 111 Å². The lowest BCUT2D eigenvalue weighted by Gasteiger charge is -2.08. The van der Waals surface area contributed by atoms with Gasteiger partial charge in [-0.15, -0.1) is 0 Å². The SMILES string of the molecule is CCC(=O)c1ccc(OCC(=O)OCC(=O)NCC(=O)NC)cc1. The molecule has 0 spiro atoms. The summed E-state index contributed by atoms with van der Waals surface area (Å²) in [5.74, 6) is -1.25. The number of carbonyl (C=O) groups is 4. The zero-order valence-electron chi connectivity index (χ0n) is 13.6. The molecule has 0 aliphatic carbocycles. The van der Waals surface area contributed by atoms with Crippen LogP contribution in [0.1, 0.15) is 23.7 Å². The molecule has 0 radical (unpaired) electrons. The number of hydrogen-bond donors (Lipinski definition) is 2. The third-order valence-electron chi connectivity index (χ3n) is 2.94. The van der Waals surface area contributed by atoms with E-state index in [4.69, 9.17) is 9.47 Å². The molecule has 1 rings (SSSR count). The van der Waals surface area contributed by atoms with Crippen molar-refractivity contribution in [2.24, 2.45) is 0 Å². The van der Waals surface area contributed by atoms with Gasteiger partial charge >= 0.3 is 5.97 Å². The maximum Gasteiger partial charge on any atom is 0.344 e. The highest BCUT2D eigenvalue weighted by molar-refractivity contribution is 5.95. The highest BCUT2D eigenvalue weighted by Crippen LogP contribution is 2.13. The number of carbonyl (C=O) groups excluding carboxylic acids is 4. The monoisotopic (exact) mass is 336 g/mol. The smallest absolute Gasteiger partial charge is 0.344 e. The van der Waals surface area contributed by atoms with Crippen molar-refractivity contribution >= 4 is 23.6 Å². The molecule has 0 bridgehead atoms. The van der Waals surface area contributed by atoms with Crippen molar-refractivity contribution in [2.75, 3.05) is 26.8 Å². The number of benzene rings is 1. The molecule has 24 heavy (non-hydrogen) atoms. The van der Waals surface area contributed by atoms with Crippen LogP contribution in [0.4, 0.5) is 0 Å². The second-order valence-corrected chi connectivity index (χ2v) is 4.70. The first-order chi connectivity index (χ1) is 11.5. The van der Waals surface area contributed by atoms with Gasteiger partial charge in [0, 0.05) is 19.0 Å². The maximum atomic E-state index is 11.5. The van der Waals surface area contributed by atoms with E-state index in [2.05, 4.69) is 10.6 Å². The van der Waals surface area contributed by atoms with Crippen LogP contribution in [-0.2, 0) is 19.1 Å². The number of esters is 1. The van der Waals surface area contributed by atoms with Crippen LogP contribution in [-0.4, -0.2) is 50.4 Å². The Labute approximate surface area is 139 Å². The fourth-order valence-electron chi connectivity index (χ4n) is 1.59. The summed E-state index contributed by atoms with van der Waals surface area (Å²) >= 11 is 0. The molecule has 0 fully saturated rings. The van der Waals surface area contributed by atoms with Crippen molar-refractivity contribution in [3.05, 3.63) is 29.8 Å². The summed E-state index contributed by atoms with van der Waals surface area (Å²) in [5, 5.41) is 4.62. The van der Waals surface area contributed by atoms with E-state index in [9.17, 15) is 19.2 Å². The number of likely N-dealkylation sites (N-methyl/N-ethyl adjacent to an activating group) is 1. The summed E-state index contributed by atoms with van der Waals surface area (Å²) in [6, 6.07) is 6.37. The molecule has 0 saturated heterocycles. The van der Waals surface area contributed by atoms with Gasteiger partial charge < -0.3 is 20.1 Å². The molecule has 8 heteroatoms. The van der Waals surface area contributed by atoms with Crippen LogP contribution in [0.25, 0.3) is 0 Å². The van der Waals surface area contributed by atoms with Crippen LogP contribution in [0.15, 0.2) is 24.3 Å². The van der Waals surface area contributed by atoms with Crippen LogP contribution in [0.5, 0.6) is 5.75 Å². The zero-order valence-corrected chi connectivity index (χ0v) is 13.6. The van der Waals surface area contributed by atoms with E-state index < -0.39 is 18.5 Å². The van der Waals surface area contributed by atoms with Crippen molar-refractivity contribution in [2.45, 2.75) is 13.3 Å². The Hall–Kier alpha value is -2.90. The molecule has 130 valence electrons. The Balaban J connectivity index is 2.29. The summed E-state index contributed by atoms with van der Waals surface area (Å²) in [4.78, 5) is 45.2. The molecule has 8 nitrogen and oxygen atoms in total. The Morgan fingerprint density at radius 2 is 1.67 bits per heavy atom. The van der Waals surface area contributed by atoms with Crippen molar-refractivity contribution in [3.63, 3.8) is 0 Å². The quantitative estimate of drug-likeness (QED) is 0.487. The Morgan fingerprint density at radius 1 is 1.00 bits per heavy atom. The summed E-state index contributed by atoms with van der Waals surface area (Å²) in [7, 11) is 1.44. The molecule has 1 aromatic carbocycles. The van der Waals surface area contributed by atoms with Gasteiger partial charge in [0.25, 0.3) is 5.91 Å². The third-order valence-corrected chi connectivity index (χ3v) is 2.94. The summed E-state index contributed by atoms with van der Waals surface area (Å²) in [6.07, 6.45) is 0.411. The second kappa shape index (κ2) is 9.98. The fraction of sp³-hybridized carbons (Fsp3) is 0.375. The number of Topliss-reactive ketones (excluding diaryl/α,β-unsaturated/α-hetero) is 1. The van der Waals surface area contributed by atoms with Gasteiger partial charge in [-0.2, -0.15) is 0 Å². The van der Waals surface area contributed by atoms with Crippen molar-refractivity contribution < 1.29 is 28.7 Å². The van der Waals surface area contributed by atoms with Gasteiger partial charge in [-0.25, -0.2) is 4.79 Å². The normalized spacial score (nSPS) is 9.75. The number of amides is 2. The van der Waals surface area contributed by atoms with Crippen LogP contribution in [0.3, 0.4) is 0 Å². The van der Waals surface area contributed by atoms with E-state index in [0.717, 1.165) is 0 Å². The zero-order chi connectivity index (χ0) is 17.9. The number of rotatable bonds is 9. The largest absolute Gasteiger partial charge is 0.482 e. The fourth-order valence-corrected chi connectivity index (χ4v) is 1.59. The molecular formula is C16H20N2O6. The van der Waals surface area contributed by atoms with Gasteiger partial charge in [-0.1, -0.05) is 6.92 Å². The first-order valence-corrected chi connectivity index (χ1v) is 7.35. The van der Waals surface area contributed by atoms with Gasteiger partial charge in [-0.05, 0) is 24.3 Å². The van der Waals surface area contributed by atoms with Crippen LogP contribution >= 0.6 is 0 Å². The highest BCUT2D eigenvalue weighted by Gasteiger charge is 2.10. The number of hydrogen-bond acceptors (Lipinski definition) is 6. The summed E-state index contributed by atoms with van der Waals surface area (Å²) in [5.41, 5.74) is 0.570. The van der Waals surface area contributed by atoms with E-state index in [-0.39, 0.29) is 24.8 Å². The third kappa shape index (κ3) is 6.91. The predicted molar refractivity (Wildman–Crippen MR) is 84.6 cm³/mol. The number of ketones is 1. The molecule has 0 heterocycles. The minimum Gasteiger partial charge on any atom is -0.482 e. The Bertz CT molecular complexity index is 597. The van der Waals surface area contributed by atoms with Crippen molar-refractivity contribution in [3.8, 4) is 5.75 Å². The molecule has 0 unspecified atom stereocenters. The number of nitrogens with one attached hydrogen (secondary N) is 2. The molecule has 2 amide bonds. The van der Waals surface area contributed by atoms with E-state index >= 15 is 0 Å². The lowest BCUT2D eigenvalue weighted by molar-refractivity contribution is -0.150. The predicted octanol–water partition coefficient (Wildman–Crippen LogP) is 0.0635. The molecular weight excluding hydrogens is 316 g/mol. The van der Waals surface area contributed by atoms with Gasteiger partial charge in [0.1, 0.15) is 5.75 Å². The molecule has 2 N–H and O–H groups in total. The molecule has 0 atom stereocenters. The second-order valence-electron chi connectivity index (χ2n) is 4.70. The summed E-state index contributed by atoms with van der Waals surface area (Å²) < 4.78 is 9.91. The van der Waals surface area contributed by atoms with E-state index in [1.807, 2.05) is 0 Å². The minimum atomic E-state index is -0.723. The molecule has 1 aromatic rings. The highest BCUT2D eigenvalue weighted by atomic mass is 16.6. The van der Waals surface area contributed by atoms with E-state index in [1.165, 1.54) is 7.05 Å². The van der Waals surface area contributed by atoms with Crippen LogP contribution in [0.2, 0.25) is 0 Å². The Kier molecular flexibility index (Phi) is 7.97. The molecule has 0 aliphatic rings. The van der Waals surface area contributed by atoms with Crippen molar-refractivity contribution in [1.29, 1.82) is 0 Å². The lowest BCUT2D eigenvalue weighted by Crippen LogP contribution is -2.37. The lowest BCUT2D eigenvalue weighted by atomic mass is 10.1. The first kappa shape index (κ1) is 19.1. The first-order valence-electron chi connectivity index (χ1n) is 7.35. The van der Waals surface area contributed by atoms with Crippen LogP contribution in [0, 0.1) is 0 Å². The van der Waals surface area contributed by atoms with E-state index in [0.29, 0.717) is 17.7 Å². The minimum absolute atomic E-state index is 0.0173. The van der Waals surface area contributed by atoms with Gasteiger partial charge in [0.2, 0.25) is 5.91 Å². The summed E-state index contributed by atoms with van der Waals surface area (Å²) in [6.45, 7) is 0.715. The van der Waals surface area contributed by atoms with Gasteiger partial charge in [0.05, 0.1) is 6.54 Å². The van der Waals surface area contributed by atoms with Crippen molar-refractivity contribution in [1.82, 2.24) is 10.6 Å². The molecule has 0 aromatic heterocycles. The molecule has 0 saturated carbocycles. The Morgan fingerprint density at radius 3 is 2.25 bits per heavy atom.